The molecule has 0 aliphatic heterocycles. The van der Waals surface area contributed by atoms with Crippen LogP contribution < -0.4 is 0 Å². The standard InChI is InChI=1S/C10H18O2S3/c1-3-5-13-6-7-14-8-10-15(11,12)9-4-2/h3-4H,1-2,5-10H2. The number of hydrogen-bond acceptors (Lipinski definition) is 4. The smallest absolute Gasteiger partial charge is 0.154 e. The highest BCUT2D eigenvalue weighted by Gasteiger charge is 2.07. The average Bonchev–Trinajstić information content (AvgIpc) is 2.16. The Labute approximate surface area is 102 Å². The molecular formula is C10H18O2S3. The maximum atomic E-state index is 11.3. The van der Waals surface area contributed by atoms with Crippen LogP contribution in [0.5, 0.6) is 0 Å². The van der Waals surface area contributed by atoms with E-state index in [1.54, 1.807) is 11.8 Å². The zero-order valence-electron chi connectivity index (χ0n) is 8.85. The van der Waals surface area contributed by atoms with E-state index in [4.69, 9.17) is 0 Å². The van der Waals surface area contributed by atoms with Gasteiger partial charge in [0.25, 0.3) is 0 Å². The SMILES string of the molecule is C=CCSCCSCCS(=O)(=O)CC=C. The molecule has 88 valence electrons. The van der Waals surface area contributed by atoms with Crippen LogP contribution in [0.3, 0.4) is 0 Å². The van der Waals surface area contributed by atoms with Gasteiger partial charge in [-0.1, -0.05) is 12.2 Å². The minimum Gasteiger partial charge on any atom is -0.228 e. The van der Waals surface area contributed by atoms with Crippen molar-refractivity contribution in [1.29, 1.82) is 0 Å². The number of hydrogen-bond donors (Lipinski definition) is 0. The summed E-state index contributed by atoms with van der Waals surface area (Å²) in [4.78, 5) is 0. The molecule has 0 saturated heterocycles. The lowest BCUT2D eigenvalue weighted by molar-refractivity contribution is 0.600. The van der Waals surface area contributed by atoms with Gasteiger partial charge in [-0.2, -0.15) is 23.5 Å². The van der Waals surface area contributed by atoms with Crippen molar-refractivity contribution in [2.45, 2.75) is 0 Å². The largest absolute Gasteiger partial charge is 0.228 e. The molecule has 0 fully saturated rings. The molecule has 0 aliphatic carbocycles. The van der Waals surface area contributed by atoms with Gasteiger partial charge in [0.2, 0.25) is 0 Å². The minimum atomic E-state index is -2.89. The number of thioether (sulfide) groups is 2. The molecule has 0 atom stereocenters. The Morgan fingerprint density at radius 2 is 1.67 bits per heavy atom. The van der Waals surface area contributed by atoms with Gasteiger partial charge in [-0.3, -0.25) is 0 Å². The quantitative estimate of drug-likeness (QED) is 0.448. The molecule has 15 heavy (non-hydrogen) atoms. The number of rotatable bonds is 10. The summed E-state index contributed by atoms with van der Waals surface area (Å²) in [5.74, 6) is 4.06. The molecule has 0 amide bonds. The van der Waals surface area contributed by atoms with Crippen LogP contribution in [0.4, 0.5) is 0 Å². The summed E-state index contributed by atoms with van der Waals surface area (Å²) in [5.41, 5.74) is 0. The highest BCUT2D eigenvalue weighted by molar-refractivity contribution is 8.03. The summed E-state index contributed by atoms with van der Waals surface area (Å²) in [7, 11) is -2.89. The van der Waals surface area contributed by atoms with Crippen molar-refractivity contribution in [2.24, 2.45) is 0 Å². The van der Waals surface area contributed by atoms with E-state index in [0.717, 1.165) is 17.3 Å². The highest BCUT2D eigenvalue weighted by atomic mass is 32.2. The molecule has 0 bridgehead atoms. The van der Waals surface area contributed by atoms with Crippen LogP contribution in [0.15, 0.2) is 25.3 Å². The van der Waals surface area contributed by atoms with Crippen molar-refractivity contribution >= 4 is 33.4 Å². The average molecular weight is 266 g/mol. The first-order valence-electron chi connectivity index (χ1n) is 4.70. The molecule has 0 saturated carbocycles. The summed E-state index contributed by atoms with van der Waals surface area (Å²) >= 11 is 3.50. The molecule has 0 N–H and O–H groups in total. The van der Waals surface area contributed by atoms with Gasteiger partial charge in [0, 0.05) is 23.0 Å². The van der Waals surface area contributed by atoms with E-state index in [-0.39, 0.29) is 11.5 Å². The molecule has 0 aromatic heterocycles. The minimum absolute atomic E-state index is 0.0960. The van der Waals surface area contributed by atoms with E-state index >= 15 is 0 Å². The van der Waals surface area contributed by atoms with Crippen molar-refractivity contribution in [2.75, 3.05) is 34.5 Å². The Bertz CT molecular complexity index is 270. The van der Waals surface area contributed by atoms with E-state index in [9.17, 15) is 8.42 Å². The Morgan fingerprint density at radius 1 is 1.00 bits per heavy atom. The normalized spacial score (nSPS) is 11.2. The Hall–Kier alpha value is 0.130. The molecule has 0 rings (SSSR count). The molecule has 0 aromatic carbocycles. The van der Waals surface area contributed by atoms with Gasteiger partial charge in [-0.25, -0.2) is 8.42 Å². The van der Waals surface area contributed by atoms with Crippen LogP contribution in [0.25, 0.3) is 0 Å². The number of sulfone groups is 1. The Kier molecular flexibility index (Phi) is 9.44. The first-order valence-corrected chi connectivity index (χ1v) is 8.83. The van der Waals surface area contributed by atoms with Crippen LogP contribution in [0.2, 0.25) is 0 Å². The van der Waals surface area contributed by atoms with Gasteiger partial charge in [0.15, 0.2) is 9.84 Å². The van der Waals surface area contributed by atoms with Gasteiger partial charge < -0.3 is 0 Å². The summed E-state index contributed by atoms with van der Waals surface area (Å²) in [6.45, 7) is 7.06. The van der Waals surface area contributed by atoms with Crippen molar-refractivity contribution in [3.8, 4) is 0 Å². The maximum Gasteiger partial charge on any atom is 0.154 e. The van der Waals surface area contributed by atoms with Gasteiger partial charge >= 0.3 is 0 Å². The predicted molar refractivity (Wildman–Crippen MR) is 73.7 cm³/mol. The fourth-order valence-electron chi connectivity index (χ4n) is 0.835. The fraction of sp³-hybridized carbons (Fsp3) is 0.600. The van der Waals surface area contributed by atoms with E-state index in [2.05, 4.69) is 13.2 Å². The van der Waals surface area contributed by atoms with Crippen molar-refractivity contribution in [1.82, 2.24) is 0 Å². The van der Waals surface area contributed by atoms with Gasteiger partial charge in [-0.05, 0) is 0 Å². The van der Waals surface area contributed by atoms with E-state index < -0.39 is 9.84 Å². The van der Waals surface area contributed by atoms with E-state index in [0.29, 0.717) is 5.75 Å². The molecule has 0 aromatic rings. The fourth-order valence-corrected chi connectivity index (χ4v) is 4.33. The van der Waals surface area contributed by atoms with Crippen molar-refractivity contribution in [3.63, 3.8) is 0 Å². The van der Waals surface area contributed by atoms with Crippen LogP contribution >= 0.6 is 23.5 Å². The van der Waals surface area contributed by atoms with E-state index in [1.807, 2.05) is 17.8 Å². The molecular weight excluding hydrogens is 248 g/mol. The third kappa shape index (κ3) is 10.4. The van der Waals surface area contributed by atoms with Gasteiger partial charge in [-0.15, -0.1) is 13.2 Å². The van der Waals surface area contributed by atoms with Crippen molar-refractivity contribution in [3.05, 3.63) is 25.3 Å². The molecule has 5 heteroatoms. The summed E-state index contributed by atoms with van der Waals surface area (Å²) < 4.78 is 22.5. The predicted octanol–water partition coefficient (Wildman–Crippen LogP) is 2.24. The summed E-state index contributed by atoms with van der Waals surface area (Å²) in [5, 5.41) is 0. The van der Waals surface area contributed by atoms with E-state index in [1.165, 1.54) is 6.08 Å². The van der Waals surface area contributed by atoms with Crippen LogP contribution in [0, 0.1) is 0 Å². The van der Waals surface area contributed by atoms with Crippen molar-refractivity contribution < 1.29 is 8.42 Å². The molecule has 0 spiro atoms. The second-order valence-electron chi connectivity index (χ2n) is 2.88. The summed E-state index contributed by atoms with van der Waals surface area (Å²) in [6, 6.07) is 0. The monoisotopic (exact) mass is 266 g/mol. The zero-order valence-corrected chi connectivity index (χ0v) is 11.3. The second-order valence-corrected chi connectivity index (χ2v) is 7.48. The Morgan fingerprint density at radius 3 is 2.27 bits per heavy atom. The molecule has 2 nitrogen and oxygen atoms in total. The summed E-state index contributed by atoms with van der Waals surface area (Å²) in [6.07, 6.45) is 3.32. The molecule has 0 radical (unpaired) electrons. The highest BCUT2D eigenvalue weighted by Crippen LogP contribution is 2.08. The van der Waals surface area contributed by atoms with Gasteiger partial charge in [0.05, 0.1) is 11.5 Å². The van der Waals surface area contributed by atoms with Crippen LogP contribution in [0.1, 0.15) is 0 Å². The first-order chi connectivity index (χ1) is 7.12. The zero-order chi connectivity index (χ0) is 11.6. The third-order valence-electron chi connectivity index (χ3n) is 1.52. The Balaban J connectivity index is 3.38. The lowest BCUT2D eigenvalue weighted by atomic mass is 10.8. The lowest BCUT2D eigenvalue weighted by Crippen LogP contribution is -2.11. The van der Waals surface area contributed by atoms with Gasteiger partial charge in [0.1, 0.15) is 0 Å². The van der Waals surface area contributed by atoms with Crippen LogP contribution in [-0.2, 0) is 9.84 Å². The lowest BCUT2D eigenvalue weighted by Gasteiger charge is -2.01. The topological polar surface area (TPSA) is 34.1 Å². The second kappa shape index (κ2) is 9.36. The first kappa shape index (κ1) is 15.1. The van der Waals surface area contributed by atoms with Crippen LogP contribution in [-0.4, -0.2) is 42.9 Å². The third-order valence-corrected chi connectivity index (χ3v) is 5.55. The molecule has 0 aliphatic rings. The maximum absolute atomic E-state index is 11.3. The molecule has 0 heterocycles. The molecule has 0 unspecified atom stereocenters.